The molecule has 0 aliphatic carbocycles. The SMILES string of the molecule is N#C/C(=C\c1ccccc1[N+](=O)[O-])C(=O)Nc1ccc(SC(F)F)cc1. The Balaban J connectivity index is 2.19. The molecule has 0 unspecified atom stereocenters. The minimum Gasteiger partial charge on any atom is -0.321 e. The third-order valence-corrected chi connectivity index (χ3v) is 3.86. The van der Waals surface area contributed by atoms with Gasteiger partial charge in [0.05, 0.1) is 10.5 Å². The quantitative estimate of drug-likeness (QED) is 0.264. The normalized spacial score (nSPS) is 11.1. The van der Waals surface area contributed by atoms with Crippen LogP contribution < -0.4 is 5.32 Å². The number of rotatable bonds is 6. The van der Waals surface area contributed by atoms with E-state index in [1.54, 1.807) is 12.1 Å². The molecule has 132 valence electrons. The highest BCUT2D eigenvalue weighted by Crippen LogP contribution is 2.26. The summed E-state index contributed by atoms with van der Waals surface area (Å²) in [7, 11) is 0. The monoisotopic (exact) mass is 375 g/mol. The van der Waals surface area contributed by atoms with Crippen LogP contribution >= 0.6 is 11.8 Å². The molecule has 0 heterocycles. The Morgan fingerprint density at radius 2 is 1.88 bits per heavy atom. The predicted octanol–water partition coefficient (Wildman–Crippen LogP) is 4.46. The summed E-state index contributed by atoms with van der Waals surface area (Å²) in [5.74, 6) is -3.31. The second-order valence-corrected chi connectivity index (χ2v) is 5.91. The van der Waals surface area contributed by atoms with E-state index in [9.17, 15) is 29.0 Å². The molecule has 0 aliphatic heterocycles. The molecule has 0 atom stereocenters. The number of alkyl halides is 2. The number of anilines is 1. The first-order valence-corrected chi connectivity index (χ1v) is 8.00. The average Bonchev–Trinajstić information content (AvgIpc) is 2.61. The summed E-state index contributed by atoms with van der Waals surface area (Å²) in [6.45, 7) is 0. The van der Waals surface area contributed by atoms with E-state index in [0.29, 0.717) is 22.3 Å². The topological polar surface area (TPSA) is 96.0 Å². The number of nitrogens with one attached hydrogen (secondary N) is 1. The molecule has 2 rings (SSSR count). The first-order valence-electron chi connectivity index (χ1n) is 7.12. The molecule has 1 amide bonds. The van der Waals surface area contributed by atoms with Crippen molar-refractivity contribution in [2.24, 2.45) is 0 Å². The summed E-state index contributed by atoms with van der Waals surface area (Å²) in [5.41, 5.74) is -0.142. The van der Waals surface area contributed by atoms with E-state index in [4.69, 9.17) is 0 Å². The number of carbonyl (C=O) groups excluding carboxylic acids is 1. The molecule has 0 fully saturated rings. The van der Waals surface area contributed by atoms with Gasteiger partial charge in [0.2, 0.25) is 0 Å². The van der Waals surface area contributed by atoms with Crippen LogP contribution in [0.25, 0.3) is 6.08 Å². The Bertz CT molecular complexity index is 893. The lowest BCUT2D eigenvalue weighted by Gasteiger charge is -2.06. The highest BCUT2D eigenvalue weighted by molar-refractivity contribution is 7.99. The van der Waals surface area contributed by atoms with Gasteiger partial charge in [0.25, 0.3) is 17.4 Å². The van der Waals surface area contributed by atoms with Gasteiger partial charge in [-0.2, -0.15) is 14.0 Å². The van der Waals surface area contributed by atoms with Gasteiger partial charge in [-0.1, -0.05) is 23.9 Å². The number of thioether (sulfide) groups is 1. The van der Waals surface area contributed by atoms with Crippen molar-refractivity contribution in [1.29, 1.82) is 5.26 Å². The van der Waals surface area contributed by atoms with Gasteiger partial charge < -0.3 is 5.32 Å². The molecule has 0 radical (unpaired) electrons. The van der Waals surface area contributed by atoms with E-state index in [0.717, 1.165) is 6.08 Å². The van der Waals surface area contributed by atoms with Gasteiger partial charge in [0.1, 0.15) is 11.6 Å². The standard InChI is InChI=1S/C17H11F2N3O3S/c18-17(19)26-14-7-5-13(6-8-14)21-16(23)12(10-20)9-11-3-1-2-4-15(11)22(24)25/h1-9,17H,(H,21,23)/b12-9+. The zero-order valence-electron chi connectivity index (χ0n) is 13.1. The molecule has 6 nitrogen and oxygen atoms in total. The lowest BCUT2D eigenvalue weighted by Crippen LogP contribution is -2.13. The number of hydrogen-bond donors (Lipinski definition) is 1. The molecule has 0 spiro atoms. The fraction of sp³-hybridized carbons (Fsp3) is 0.0588. The van der Waals surface area contributed by atoms with Gasteiger partial charge >= 0.3 is 0 Å². The number of halogens is 2. The Morgan fingerprint density at radius 3 is 2.46 bits per heavy atom. The van der Waals surface area contributed by atoms with Crippen LogP contribution in [0, 0.1) is 21.4 Å². The van der Waals surface area contributed by atoms with E-state index in [1.165, 1.54) is 42.5 Å². The number of para-hydroxylation sites is 1. The first-order chi connectivity index (χ1) is 12.4. The maximum absolute atomic E-state index is 12.3. The van der Waals surface area contributed by atoms with Crippen LogP contribution in [0.5, 0.6) is 0 Å². The minimum absolute atomic E-state index is 0.118. The van der Waals surface area contributed by atoms with Gasteiger partial charge in [0, 0.05) is 16.6 Å². The van der Waals surface area contributed by atoms with Crippen molar-refractivity contribution in [2.45, 2.75) is 10.7 Å². The van der Waals surface area contributed by atoms with Gasteiger partial charge in [-0.05, 0) is 36.4 Å². The van der Waals surface area contributed by atoms with Crippen LogP contribution in [-0.4, -0.2) is 16.6 Å². The molecular formula is C17H11F2N3O3S. The Morgan fingerprint density at radius 1 is 1.23 bits per heavy atom. The van der Waals surface area contributed by atoms with Crippen molar-refractivity contribution in [3.8, 4) is 6.07 Å². The Labute approximate surface area is 151 Å². The molecule has 0 saturated heterocycles. The summed E-state index contributed by atoms with van der Waals surface area (Å²) in [6, 6.07) is 13.0. The van der Waals surface area contributed by atoms with Gasteiger partial charge in [0.15, 0.2) is 0 Å². The second kappa shape index (κ2) is 8.73. The molecule has 26 heavy (non-hydrogen) atoms. The van der Waals surface area contributed by atoms with Crippen molar-refractivity contribution in [1.82, 2.24) is 0 Å². The fourth-order valence-corrected chi connectivity index (χ4v) is 2.50. The van der Waals surface area contributed by atoms with Crippen LogP contribution in [0.3, 0.4) is 0 Å². The zero-order valence-corrected chi connectivity index (χ0v) is 13.9. The Kier molecular flexibility index (Phi) is 6.41. The molecule has 0 aromatic heterocycles. The number of nitrogens with zero attached hydrogens (tertiary/aromatic N) is 2. The van der Waals surface area contributed by atoms with Gasteiger partial charge in [-0.15, -0.1) is 0 Å². The number of nitro benzene ring substituents is 1. The summed E-state index contributed by atoms with van der Waals surface area (Å²) >= 11 is 0.369. The molecule has 9 heteroatoms. The maximum atomic E-state index is 12.3. The van der Waals surface area contributed by atoms with Crippen molar-refractivity contribution < 1.29 is 18.5 Å². The molecule has 0 saturated carbocycles. The molecular weight excluding hydrogens is 364 g/mol. The number of nitro groups is 1. The average molecular weight is 375 g/mol. The molecule has 1 N–H and O–H groups in total. The zero-order chi connectivity index (χ0) is 19.1. The summed E-state index contributed by atoms with van der Waals surface area (Å²) in [4.78, 5) is 22.9. The first kappa shape index (κ1) is 19.1. The number of carbonyl (C=O) groups is 1. The van der Waals surface area contributed by atoms with Crippen LogP contribution in [0.4, 0.5) is 20.2 Å². The molecule has 0 aliphatic rings. The van der Waals surface area contributed by atoms with Crippen LogP contribution in [0.1, 0.15) is 5.56 Å². The smallest absolute Gasteiger partial charge is 0.288 e. The van der Waals surface area contributed by atoms with E-state index in [2.05, 4.69) is 5.32 Å². The van der Waals surface area contributed by atoms with Crippen LogP contribution in [0.15, 0.2) is 59.0 Å². The third-order valence-electron chi connectivity index (χ3n) is 3.14. The third kappa shape index (κ3) is 5.12. The lowest BCUT2D eigenvalue weighted by atomic mass is 10.1. The maximum Gasteiger partial charge on any atom is 0.288 e. The molecule has 0 bridgehead atoms. The number of amides is 1. The summed E-state index contributed by atoms with van der Waals surface area (Å²) < 4.78 is 24.6. The largest absolute Gasteiger partial charge is 0.321 e. The van der Waals surface area contributed by atoms with E-state index >= 15 is 0 Å². The van der Waals surface area contributed by atoms with Gasteiger partial charge in [-0.25, -0.2) is 0 Å². The van der Waals surface area contributed by atoms with Crippen molar-refractivity contribution in [3.05, 3.63) is 69.8 Å². The highest BCUT2D eigenvalue weighted by Gasteiger charge is 2.15. The molecule has 2 aromatic rings. The summed E-state index contributed by atoms with van der Waals surface area (Å²) in [5, 5.41) is 22.6. The summed E-state index contributed by atoms with van der Waals surface area (Å²) in [6.07, 6.45) is 1.12. The number of benzene rings is 2. The Hall–Kier alpha value is -3.25. The highest BCUT2D eigenvalue weighted by atomic mass is 32.2. The van der Waals surface area contributed by atoms with E-state index in [-0.39, 0.29) is 16.8 Å². The van der Waals surface area contributed by atoms with Crippen LogP contribution in [-0.2, 0) is 4.79 Å². The van der Waals surface area contributed by atoms with E-state index < -0.39 is 16.6 Å². The van der Waals surface area contributed by atoms with Gasteiger partial charge in [-0.3, -0.25) is 14.9 Å². The predicted molar refractivity (Wildman–Crippen MR) is 93.6 cm³/mol. The lowest BCUT2D eigenvalue weighted by molar-refractivity contribution is -0.385. The number of nitriles is 1. The number of hydrogen-bond acceptors (Lipinski definition) is 5. The fourth-order valence-electron chi connectivity index (χ4n) is 2.00. The van der Waals surface area contributed by atoms with Crippen molar-refractivity contribution in [3.63, 3.8) is 0 Å². The minimum atomic E-state index is -2.55. The van der Waals surface area contributed by atoms with E-state index in [1.807, 2.05) is 0 Å². The van der Waals surface area contributed by atoms with Crippen molar-refractivity contribution >= 4 is 35.1 Å². The molecule has 2 aromatic carbocycles. The van der Waals surface area contributed by atoms with Crippen LogP contribution in [0.2, 0.25) is 0 Å². The van der Waals surface area contributed by atoms with Crippen molar-refractivity contribution in [2.75, 3.05) is 5.32 Å². The second-order valence-electron chi connectivity index (χ2n) is 4.84.